The van der Waals surface area contributed by atoms with Crippen molar-refractivity contribution >= 4 is 23.3 Å². The van der Waals surface area contributed by atoms with E-state index < -0.39 is 6.36 Å². The molecule has 0 radical (unpaired) electrons. The summed E-state index contributed by atoms with van der Waals surface area (Å²) in [7, 11) is 0. The van der Waals surface area contributed by atoms with E-state index in [0.29, 0.717) is 17.4 Å². The van der Waals surface area contributed by atoms with Crippen molar-refractivity contribution in [1.29, 1.82) is 0 Å². The summed E-state index contributed by atoms with van der Waals surface area (Å²) in [6.45, 7) is 3.23. The molecule has 0 aliphatic carbocycles. The molecule has 4 heterocycles. The maximum absolute atomic E-state index is 12.9. The highest BCUT2D eigenvalue weighted by molar-refractivity contribution is 6.05. The number of fused-ring (bicyclic) bond motifs is 5. The van der Waals surface area contributed by atoms with E-state index in [4.69, 9.17) is 9.90 Å². The molecule has 1 aromatic heterocycles. The van der Waals surface area contributed by atoms with Gasteiger partial charge in [0.1, 0.15) is 5.75 Å². The number of halogens is 3. The fraction of sp³-hybridized carbons (Fsp3) is 0.471. The standard InChI is InChI=1S/C16H17F3N4O2.CH2O2/c17-16(18,19)25-11-1-2-12-13(9-11)20-21-14(12)15(24)23-8-7-22-5-3-10(23)4-6-22;2-1-3/h1-2,9-10H,3-8H2,(H,20,21);1H,(H,2,3). The van der Waals surface area contributed by atoms with Crippen LogP contribution in [0, 0.1) is 0 Å². The monoisotopic (exact) mass is 400 g/mol. The number of hydrogen-bond donors (Lipinski definition) is 2. The van der Waals surface area contributed by atoms with E-state index in [2.05, 4.69) is 19.8 Å². The largest absolute Gasteiger partial charge is 0.573 e. The van der Waals surface area contributed by atoms with Crippen molar-refractivity contribution in [3.63, 3.8) is 0 Å². The first-order valence-electron chi connectivity index (χ1n) is 8.67. The van der Waals surface area contributed by atoms with Crippen LogP contribution in [0.2, 0.25) is 0 Å². The molecule has 5 rings (SSSR count). The van der Waals surface area contributed by atoms with Gasteiger partial charge in [0.2, 0.25) is 0 Å². The second-order valence-electron chi connectivity index (χ2n) is 6.50. The number of H-pyrrole nitrogens is 1. The zero-order chi connectivity index (χ0) is 20.3. The first kappa shape index (κ1) is 19.9. The second-order valence-corrected chi connectivity index (χ2v) is 6.50. The molecule has 0 spiro atoms. The topological polar surface area (TPSA) is 98.8 Å². The van der Waals surface area contributed by atoms with E-state index in [1.54, 1.807) is 0 Å². The van der Waals surface area contributed by atoms with Crippen molar-refractivity contribution in [2.24, 2.45) is 0 Å². The molecule has 0 unspecified atom stereocenters. The molecular weight excluding hydrogens is 381 g/mol. The number of aromatic amines is 1. The average Bonchev–Trinajstić information content (AvgIpc) is 2.81. The highest BCUT2D eigenvalue weighted by Crippen LogP contribution is 2.29. The Hall–Kier alpha value is -2.82. The SMILES string of the molecule is O=C(c1n[nH]c2cc(OC(F)(F)F)ccc12)N1CCN2CCC1CC2.O=CO. The molecule has 2 N–H and O–H groups in total. The summed E-state index contributed by atoms with van der Waals surface area (Å²) in [6, 6.07) is 4.03. The number of nitrogens with zero attached hydrogens (tertiary/aromatic N) is 3. The molecule has 3 saturated heterocycles. The quantitative estimate of drug-likeness (QED) is 0.749. The zero-order valence-corrected chi connectivity index (χ0v) is 14.8. The molecule has 1 amide bonds. The summed E-state index contributed by atoms with van der Waals surface area (Å²) in [5, 5.41) is 14.1. The highest BCUT2D eigenvalue weighted by Gasteiger charge is 2.34. The molecule has 11 heteroatoms. The number of rotatable bonds is 2. The minimum atomic E-state index is -4.76. The van der Waals surface area contributed by atoms with E-state index in [1.165, 1.54) is 18.2 Å². The minimum absolute atomic E-state index is 0.176. The van der Waals surface area contributed by atoms with Gasteiger partial charge < -0.3 is 19.6 Å². The Balaban J connectivity index is 0.000000706. The molecular formula is C17H19F3N4O4. The van der Waals surface area contributed by atoms with Gasteiger partial charge >= 0.3 is 6.36 Å². The van der Waals surface area contributed by atoms with Crippen molar-refractivity contribution in [2.75, 3.05) is 26.2 Å². The molecule has 28 heavy (non-hydrogen) atoms. The molecule has 3 aliphatic rings. The van der Waals surface area contributed by atoms with E-state index in [0.717, 1.165) is 32.5 Å². The van der Waals surface area contributed by atoms with Crippen LogP contribution >= 0.6 is 0 Å². The van der Waals surface area contributed by atoms with Crippen molar-refractivity contribution < 1.29 is 32.6 Å². The number of piperidine rings is 1. The maximum atomic E-state index is 12.9. The van der Waals surface area contributed by atoms with Crippen molar-refractivity contribution in [1.82, 2.24) is 20.0 Å². The van der Waals surface area contributed by atoms with Gasteiger partial charge in [0.15, 0.2) is 5.69 Å². The first-order chi connectivity index (χ1) is 13.3. The number of aromatic nitrogens is 2. The van der Waals surface area contributed by atoms with Crippen LogP contribution in [-0.2, 0) is 4.79 Å². The lowest BCUT2D eigenvalue weighted by atomic mass is 10.0. The van der Waals surface area contributed by atoms with Crippen LogP contribution in [-0.4, -0.2) is 76.1 Å². The Kier molecular flexibility index (Phi) is 5.73. The lowest BCUT2D eigenvalue weighted by Gasteiger charge is -2.31. The van der Waals surface area contributed by atoms with Crippen LogP contribution in [0.5, 0.6) is 5.75 Å². The Morgan fingerprint density at radius 3 is 2.57 bits per heavy atom. The maximum Gasteiger partial charge on any atom is 0.573 e. The van der Waals surface area contributed by atoms with Gasteiger partial charge in [0.05, 0.1) is 5.52 Å². The Labute approximate surface area is 157 Å². The van der Waals surface area contributed by atoms with Crippen LogP contribution in [0.4, 0.5) is 13.2 Å². The summed E-state index contributed by atoms with van der Waals surface area (Å²) in [4.78, 5) is 25.5. The average molecular weight is 400 g/mol. The summed E-state index contributed by atoms with van der Waals surface area (Å²) in [5.41, 5.74) is 0.585. The molecule has 3 aliphatic heterocycles. The zero-order valence-electron chi connectivity index (χ0n) is 14.8. The van der Waals surface area contributed by atoms with Gasteiger partial charge in [-0.2, -0.15) is 5.10 Å². The number of alkyl halides is 3. The van der Waals surface area contributed by atoms with E-state index in [1.807, 2.05) is 4.90 Å². The number of carbonyl (C=O) groups excluding carboxylic acids is 1. The summed E-state index contributed by atoms with van der Waals surface area (Å²) >= 11 is 0. The van der Waals surface area contributed by atoms with Gasteiger partial charge in [-0.25, -0.2) is 0 Å². The smallest absolute Gasteiger partial charge is 0.483 e. The minimum Gasteiger partial charge on any atom is -0.483 e. The summed E-state index contributed by atoms with van der Waals surface area (Å²) < 4.78 is 40.9. The van der Waals surface area contributed by atoms with Gasteiger partial charge in [-0.3, -0.25) is 14.7 Å². The van der Waals surface area contributed by atoms with Gasteiger partial charge in [-0.05, 0) is 25.0 Å². The van der Waals surface area contributed by atoms with Gasteiger partial charge in [-0.15, -0.1) is 13.2 Å². The van der Waals surface area contributed by atoms with Crippen molar-refractivity contribution in [3.05, 3.63) is 23.9 Å². The number of hydrogen-bond acceptors (Lipinski definition) is 5. The van der Waals surface area contributed by atoms with Crippen LogP contribution in [0.15, 0.2) is 18.2 Å². The molecule has 0 atom stereocenters. The number of amides is 1. The predicted molar refractivity (Wildman–Crippen MR) is 92.0 cm³/mol. The van der Waals surface area contributed by atoms with Gasteiger partial charge in [-0.1, -0.05) is 0 Å². The molecule has 0 saturated carbocycles. The number of carbonyl (C=O) groups is 2. The van der Waals surface area contributed by atoms with Crippen LogP contribution in [0.3, 0.4) is 0 Å². The van der Waals surface area contributed by atoms with E-state index in [-0.39, 0.29) is 29.9 Å². The highest BCUT2D eigenvalue weighted by atomic mass is 19.4. The number of carboxylic acid groups (broad SMARTS) is 1. The fourth-order valence-electron chi connectivity index (χ4n) is 3.65. The Morgan fingerprint density at radius 2 is 1.93 bits per heavy atom. The van der Waals surface area contributed by atoms with Crippen molar-refractivity contribution in [2.45, 2.75) is 25.2 Å². The van der Waals surface area contributed by atoms with Crippen LogP contribution in [0.1, 0.15) is 23.3 Å². The Morgan fingerprint density at radius 1 is 1.25 bits per heavy atom. The molecule has 8 nitrogen and oxygen atoms in total. The lowest BCUT2D eigenvalue weighted by Crippen LogP contribution is -2.41. The normalized spacial score (nSPS) is 21.6. The molecule has 2 aromatic rings. The molecule has 152 valence electrons. The van der Waals surface area contributed by atoms with E-state index in [9.17, 15) is 18.0 Å². The summed E-state index contributed by atoms with van der Waals surface area (Å²) in [6.07, 6.45) is -2.87. The van der Waals surface area contributed by atoms with Crippen LogP contribution < -0.4 is 4.74 Å². The summed E-state index contributed by atoms with van der Waals surface area (Å²) in [5.74, 6) is -0.520. The Bertz CT molecular complexity index is 847. The van der Waals surface area contributed by atoms with Gasteiger partial charge in [0, 0.05) is 43.7 Å². The molecule has 2 bridgehead atoms. The van der Waals surface area contributed by atoms with Crippen molar-refractivity contribution in [3.8, 4) is 5.75 Å². The number of ether oxygens (including phenoxy) is 1. The molecule has 1 aromatic carbocycles. The lowest BCUT2D eigenvalue weighted by molar-refractivity contribution is -0.274. The number of nitrogens with one attached hydrogen (secondary N) is 1. The third-order valence-electron chi connectivity index (χ3n) is 4.89. The van der Waals surface area contributed by atoms with Gasteiger partial charge in [0.25, 0.3) is 12.4 Å². The third-order valence-corrected chi connectivity index (χ3v) is 4.89. The predicted octanol–water partition coefficient (Wildman–Crippen LogP) is 2.08. The molecule has 3 fully saturated rings. The third kappa shape index (κ3) is 4.35. The van der Waals surface area contributed by atoms with Crippen LogP contribution in [0.25, 0.3) is 10.9 Å². The number of benzene rings is 1. The second kappa shape index (κ2) is 8.05. The fourth-order valence-corrected chi connectivity index (χ4v) is 3.65. The first-order valence-corrected chi connectivity index (χ1v) is 8.67. The van der Waals surface area contributed by atoms with E-state index >= 15 is 0 Å².